The lowest BCUT2D eigenvalue weighted by molar-refractivity contribution is 0.0575. The molecule has 0 saturated carbocycles. The third kappa shape index (κ3) is 3.80. The molecule has 3 N–H and O–H groups in total. The second kappa shape index (κ2) is 7.14. The first-order valence-corrected chi connectivity index (χ1v) is 7.14. The number of rotatable bonds is 3. The first kappa shape index (κ1) is 13.1. The van der Waals surface area contributed by atoms with E-state index in [1.165, 1.54) is 38.5 Å². The maximum Gasteiger partial charge on any atom is 0.0469 e. The summed E-state index contributed by atoms with van der Waals surface area (Å²) in [6, 6.07) is 0.386. The molecule has 2 rings (SSSR count). The van der Waals surface area contributed by atoms with Crippen molar-refractivity contribution in [1.82, 2.24) is 5.43 Å². The molecular weight excluding hydrogens is 212 g/mol. The van der Waals surface area contributed by atoms with Crippen LogP contribution in [0.15, 0.2) is 11.6 Å². The topological polar surface area (TPSA) is 47.3 Å². The van der Waals surface area contributed by atoms with Crippen molar-refractivity contribution in [1.29, 1.82) is 0 Å². The quantitative estimate of drug-likeness (QED) is 0.451. The van der Waals surface area contributed by atoms with Gasteiger partial charge in [-0.25, -0.2) is 0 Å². The molecule has 1 atom stereocenters. The standard InChI is InChI=1S/C14H26N2O/c15-16-14(13-8-10-17-11-9-13)12-6-4-2-1-3-5-7-12/h6,13-14,16H,1-5,7-11,15H2. The molecule has 1 aliphatic heterocycles. The predicted molar refractivity (Wildman–Crippen MR) is 70.4 cm³/mol. The van der Waals surface area contributed by atoms with E-state index in [-0.39, 0.29) is 0 Å². The molecular formula is C14H26N2O. The summed E-state index contributed by atoms with van der Waals surface area (Å²) in [5.74, 6) is 6.46. The van der Waals surface area contributed by atoms with Crippen LogP contribution in [0, 0.1) is 5.92 Å². The Kier molecular flexibility index (Phi) is 5.49. The van der Waals surface area contributed by atoms with Crippen molar-refractivity contribution in [2.24, 2.45) is 11.8 Å². The number of ether oxygens (including phenoxy) is 1. The lowest BCUT2D eigenvalue weighted by Crippen LogP contribution is -2.44. The third-order valence-electron chi connectivity index (χ3n) is 4.14. The summed E-state index contributed by atoms with van der Waals surface area (Å²) < 4.78 is 5.44. The minimum absolute atomic E-state index is 0.386. The molecule has 0 amide bonds. The van der Waals surface area contributed by atoms with Gasteiger partial charge in [0.2, 0.25) is 0 Å². The smallest absolute Gasteiger partial charge is 0.0469 e. The van der Waals surface area contributed by atoms with E-state index < -0.39 is 0 Å². The van der Waals surface area contributed by atoms with Gasteiger partial charge >= 0.3 is 0 Å². The van der Waals surface area contributed by atoms with Crippen LogP contribution in [-0.4, -0.2) is 19.3 Å². The van der Waals surface area contributed by atoms with Gasteiger partial charge in [-0.05, 0) is 44.4 Å². The highest BCUT2D eigenvalue weighted by Gasteiger charge is 2.25. The zero-order chi connectivity index (χ0) is 11.9. The molecule has 98 valence electrons. The average molecular weight is 238 g/mol. The number of nitrogens with two attached hydrogens (primary N) is 1. The van der Waals surface area contributed by atoms with Crippen LogP contribution in [0.2, 0.25) is 0 Å². The highest BCUT2D eigenvalue weighted by Crippen LogP contribution is 2.27. The Bertz CT molecular complexity index is 247. The van der Waals surface area contributed by atoms with Crippen molar-refractivity contribution >= 4 is 0 Å². The fraction of sp³-hybridized carbons (Fsp3) is 0.857. The minimum atomic E-state index is 0.386. The van der Waals surface area contributed by atoms with Crippen molar-refractivity contribution in [3.8, 4) is 0 Å². The fourth-order valence-electron chi connectivity index (χ4n) is 3.09. The van der Waals surface area contributed by atoms with E-state index in [2.05, 4.69) is 11.5 Å². The number of allylic oxidation sites excluding steroid dienone is 1. The first-order valence-electron chi connectivity index (χ1n) is 7.14. The maximum atomic E-state index is 5.79. The Hall–Kier alpha value is -0.380. The second-order valence-corrected chi connectivity index (χ2v) is 5.33. The molecule has 1 fully saturated rings. The monoisotopic (exact) mass is 238 g/mol. The molecule has 2 aliphatic rings. The predicted octanol–water partition coefficient (Wildman–Crippen LogP) is 2.53. The Morgan fingerprint density at radius 3 is 2.71 bits per heavy atom. The molecule has 3 nitrogen and oxygen atoms in total. The Morgan fingerprint density at radius 2 is 1.94 bits per heavy atom. The summed E-state index contributed by atoms with van der Waals surface area (Å²) in [6.07, 6.45) is 12.6. The Morgan fingerprint density at radius 1 is 1.18 bits per heavy atom. The van der Waals surface area contributed by atoms with Crippen LogP contribution in [0.3, 0.4) is 0 Å². The van der Waals surface area contributed by atoms with Gasteiger partial charge in [0, 0.05) is 19.3 Å². The highest BCUT2D eigenvalue weighted by molar-refractivity contribution is 5.13. The molecule has 0 bridgehead atoms. The summed E-state index contributed by atoms with van der Waals surface area (Å²) >= 11 is 0. The van der Waals surface area contributed by atoms with Gasteiger partial charge in [-0.15, -0.1) is 0 Å². The van der Waals surface area contributed by atoms with Crippen molar-refractivity contribution in [3.63, 3.8) is 0 Å². The summed E-state index contributed by atoms with van der Waals surface area (Å²) in [6.45, 7) is 1.80. The largest absolute Gasteiger partial charge is 0.381 e. The summed E-state index contributed by atoms with van der Waals surface area (Å²) in [4.78, 5) is 0. The summed E-state index contributed by atoms with van der Waals surface area (Å²) in [7, 11) is 0. The van der Waals surface area contributed by atoms with Crippen LogP contribution in [0.5, 0.6) is 0 Å². The van der Waals surface area contributed by atoms with Crippen LogP contribution < -0.4 is 11.3 Å². The van der Waals surface area contributed by atoms with Gasteiger partial charge in [-0.3, -0.25) is 11.3 Å². The summed E-state index contributed by atoms with van der Waals surface area (Å²) in [5, 5.41) is 0. The Balaban J connectivity index is 1.98. The second-order valence-electron chi connectivity index (χ2n) is 5.33. The van der Waals surface area contributed by atoms with Gasteiger partial charge in [-0.2, -0.15) is 0 Å². The molecule has 0 aromatic carbocycles. The lowest BCUT2D eigenvalue weighted by Gasteiger charge is -2.32. The van der Waals surface area contributed by atoms with Gasteiger partial charge in [0.15, 0.2) is 0 Å². The maximum absolute atomic E-state index is 5.79. The third-order valence-corrected chi connectivity index (χ3v) is 4.14. The van der Waals surface area contributed by atoms with Crippen molar-refractivity contribution in [2.75, 3.05) is 13.2 Å². The van der Waals surface area contributed by atoms with Crippen LogP contribution in [0.4, 0.5) is 0 Å². The van der Waals surface area contributed by atoms with E-state index >= 15 is 0 Å². The fourth-order valence-corrected chi connectivity index (χ4v) is 3.09. The van der Waals surface area contributed by atoms with Crippen molar-refractivity contribution in [3.05, 3.63) is 11.6 Å². The van der Waals surface area contributed by atoms with Crippen LogP contribution >= 0.6 is 0 Å². The van der Waals surface area contributed by atoms with Crippen molar-refractivity contribution < 1.29 is 4.74 Å². The molecule has 0 aromatic rings. The Labute approximate surface area is 105 Å². The van der Waals surface area contributed by atoms with E-state index in [1.54, 1.807) is 5.57 Å². The van der Waals surface area contributed by atoms with Gasteiger partial charge in [-0.1, -0.05) is 24.5 Å². The molecule has 0 aromatic heterocycles. The molecule has 0 spiro atoms. The van der Waals surface area contributed by atoms with E-state index in [0.29, 0.717) is 12.0 Å². The van der Waals surface area contributed by atoms with Gasteiger partial charge in [0.1, 0.15) is 0 Å². The van der Waals surface area contributed by atoms with Crippen LogP contribution in [0.25, 0.3) is 0 Å². The zero-order valence-corrected chi connectivity index (χ0v) is 10.8. The van der Waals surface area contributed by atoms with Crippen LogP contribution in [0.1, 0.15) is 51.4 Å². The molecule has 0 radical (unpaired) electrons. The summed E-state index contributed by atoms with van der Waals surface area (Å²) in [5.41, 5.74) is 4.62. The first-order chi connectivity index (χ1) is 8.42. The van der Waals surface area contributed by atoms with E-state index in [0.717, 1.165) is 26.1 Å². The number of hydrazine groups is 1. The minimum Gasteiger partial charge on any atom is -0.381 e. The number of hydrogen-bond donors (Lipinski definition) is 2. The van der Waals surface area contributed by atoms with E-state index in [1.807, 2.05) is 0 Å². The molecule has 17 heavy (non-hydrogen) atoms. The highest BCUT2D eigenvalue weighted by atomic mass is 16.5. The molecule has 3 heteroatoms. The van der Waals surface area contributed by atoms with E-state index in [4.69, 9.17) is 10.6 Å². The normalized spacial score (nSPS) is 25.8. The molecule has 1 heterocycles. The molecule has 1 unspecified atom stereocenters. The van der Waals surface area contributed by atoms with E-state index in [9.17, 15) is 0 Å². The number of hydrogen-bond acceptors (Lipinski definition) is 3. The molecule has 1 aliphatic carbocycles. The van der Waals surface area contributed by atoms with Gasteiger partial charge in [0.05, 0.1) is 0 Å². The van der Waals surface area contributed by atoms with Crippen LogP contribution in [-0.2, 0) is 4.74 Å². The average Bonchev–Trinajstić information content (AvgIpc) is 2.34. The van der Waals surface area contributed by atoms with Gasteiger partial charge < -0.3 is 4.74 Å². The molecule has 1 saturated heterocycles. The number of nitrogens with one attached hydrogen (secondary N) is 1. The SMILES string of the molecule is NNC(C1=CCCCCCC1)C1CCOCC1. The zero-order valence-electron chi connectivity index (χ0n) is 10.8. The van der Waals surface area contributed by atoms with Crippen molar-refractivity contribution in [2.45, 2.75) is 57.4 Å². The van der Waals surface area contributed by atoms with Gasteiger partial charge in [0.25, 0.3) is 0 Å². The lowest BCUT2D eigenvalue weighted by atomic mass is 9.84.